The van der Waals surface area contributed by atoms with Crippen molar-refractivity contribution in [3.8, 4) is 0 Å². The standard InChI is InChI=1S/C18H24N6O/c1-12-17(13(2)23(3)22-12)18-14(4-7-25-18)8-20-9-15-10-21-16-11-19-5-6-24(15)16/h5-6,10-11,14,18,20H,4,7-9H2,1-3H3/t14-,18+/m1/s1. The fourth-order valence-electron chi connectivity index (χ4n) is 3.77. The molecule has 0 bridgehead atoms. The molecule has 0 unspecified atom stereocenters. The molecule has 4 heterocycles. The Morgan fingerprint density at radius 2 is 2.20 bits per heavy atom. The Morgan fingerprint density at radius 3 is 3.00 bits per heavy atom. The highest BCUT2D eigenvalue weighted by Gasteiger charge is 2.33. The summed E-state index contributed by atoms with van der Waals surface area (Å²) in [6.45, 7) is 6.69. The molecule has 132 valence electrons. The summed E-state index contributed by atoms with van der Waals surface area (Å²) in [6.07, 6.45) is 8.62. The first kappa shape index (κ1) is 16.2. The van der Waals surface area contributed by atoms with Crippen LogP contribution in [-0.2, 0) is 18.3 Å². The number of aromatic nitrogens is 5. The number of nitrogens with one attached hydrogen (secondary N) is 1. The Kier molecular flexibility index (Phi) is 4.27. The molecule has 1 aliphatic heterocycles. The molecule has 7 heteroatoms. The number of ether oxygens (including phenoxy) is 1. The van der Waals surface area contributed by atoms with E-state index in [-0.39, 0.29) is 6.10 Å². The zero-order valence-corrected chi connectivity index (χ0v) is 14.9. The topological polar surface area (TPSA) is 69.3 Å². The van der Waals surface area contributed by atoms with Gasteiger partial charge in [-0.05, 0) is 20.3 Å². The Hall–Kier alpha value is -2.25. The van der Waals surface area contributed by atoms with Crippen molar-refractivity contribution in [1.82, 2.24) is 29.5 Å². The van der Waals surface area contributed by atoms with Crippen LogP contribution in [0, 0.1) is 19.8 Å². The first-order valence-electron chi connectivity index (χ1n) is 8.73. The van der Waals surface area contributed by atoms with Gasteiger partial charge < -0.3 is 10.1 Å². The molecule has 3 aromatic rings. The van der Waals surface area contributed by atoms with Gasteiger partial charge in [-0.1, -0.05) is 0 Å². The van der Waals surface area contributed by atoms with E-state index in [1.54, 1.807) is 12.4 Å². The average molecular weight is 340 g/mol. The highest BCUT2D eigenvalue weighted by molar-refractivity contribution is 5.36. The smallest absolute Gasteiger partial charge is 0.155 e. The highest BCUT2D eigenvalue weighted by Crippen LogP contribution is 2.37. The molecule has 2 atom stereocenters. The highest BCUT2D eigenvalue weighted by atomic mass is 16.5. The summed E-state index contributed by atoms with van der Waals surface area (Å²) in [5, 5.41) is 8.12. The molecule has 1 N–H and O–H groups in total. The first-order chi connectivity index (χ1) is 12.1. The van der Waals surface area contributed by atoms with Crippen molar-refractivity contribution in [3.05, 3.63) is 47.4 Å². The summed E-state index contributed by atoms with van der Waals surface area (Å²) in [6, 6.07) is 0. The maximum absolute atomic E-state index is 6.07. The fraction of sp³-hybridized carbons (Fsp3) is 0.500. The van der Waals surface area contributed by atoms with Crippen molar-refractivity contribution in [3.63, 3.8) is 0 Å². The van der Waals surface area contributed by atoms with E-state index in [1.807, 2.05) is 24.1 Å². The maximum atomic E-state index is 6.07. The monoisotopic (exact) mass is 340 g/mol. The van der Waals surface area contributed by atoms with Crippen LogP contribution in [0.25, 0.3) is 5.65 Å². The molecule has 0 radical (unpaired) electrons. The summed E-state index contributed by atoms with van der Waals surface area (Å²) in [7, 11) is 1.99. The third-order valence-electron chi connectivity index (χ3n) is 5.17. The molecule has 7 nitrogen and oxygen atoms in total. The molecule has 0 aromatic carbocycles. The number of hydrogen-bond acceptors (Lipinski definition) is 5. The minimum Gasteiger partial charge on any atom is -0.373 e. The second-order valence-corrected chi connectivity index (χ2v) is 6.73. The zero-order valence-electron chi connectivity index (χ0n) is 14.9. The van der Waals surface area contributed by atoms with E-state index < -0.39 is 0 Å². The van der Waals surface area contributed by atoms with E-state index in [0.717, 1.165) is 43.2 Å². The van der Waals surface area contributed by atoms with Crippen LogP contribution in [0.1, 0.15) is 35.2 Å². The van der Waals surface area contributed by atoms with Gasteiger partial charge in [0.25, 0.3) is 0 Å². The van der Waals surface area contributed by atoms with Gasteiger partial charge in [-0.15, -0.1) is 0 Å². The second kappa shape index (κ2) is 6.57. The minimum atomic E-state index is 0.132. The second-order valence-electron chi connectivity index (χ2n) is 6.73. The lowest BCUT2D eigenvalue weighted by Gasteiger charge is -2.20. The molecule has 25 heavy (non-hydrogen) atoms. The van der Waals surface area contributed by atoms with Crippen molar-refractivity contribution in [2.75, 3.05) is 13.2 Å². The predicted molar refractivity (Wildman–Crippen MR) is 94.2 cm³/mol. The summed E-state index contributed by atoms with van der Waals surface area (Å²) in [4.78, 5) is 8.49. The van der Waals surface area contributed by atoms with Crippen molar-refractivity contribution in [2.45, 2.75) is 32.9 Å². The Bertz CT molecular complexity index is 883. The molecule has 0 spiro atoms. The van der Waals surface area contributed by atoms with Gasteiger partial charge in [-0.2, -0.15) is 5.10 Å². The lowest BCUT2D eigenvalue weighted by Crippen LogP contribution is -2.25. The minimum absolute atomic E-state index is 0.132. The van der Waals surface area contributed by atoms with E-state index in [4.69, 9.17) is 4.74 Å². The average Bonchev–Trinajstić information content (AvgIpc) is 3.28. The molecule has 4 rings (SSSR count). The van der Waals surface area contributed by atoms with Crippen molar-refractivity contribution < 1.29 is 4.74 Å². The van der Waals surface area contributed by atoms with Gasteiger partial charge in [0, 0.05) is 56.3 Å². The van der Waals surface area contributed by atoms with E-state index in [0.29, 0.717) is 5.92 Å². The number of fused-ring (bicyclic) bond motifs is 1. The number of nitrogens with zero attached hydrogens (tertiary/aromatic N) is 5. The van der Waals surface area contributed by atoms with Crippen molar-refractivity contribution in [2.24, 2.45) is 13.0 Å². The molecular formula is C18H24N6O. The fourth-order valence-corrected chi connectivity index (χ4v) is 3.77. The summed E-state index contributed by atoms with van der Waals surface area (Å²) < 4.78 is 10.1. The van der Waals surface area contributed by atoms with Gasteiger partial charge in [0.1, 0.15) is 0 Å². The molecule has 3 aromatic heterocycles. The normalized spacial score (nSPS) is 20.6. The summed E-state index contributed by atoms with van der Waals surface area (Å²) in [5.74, 6) is 0.461. The first-order valence-corrected chi connectivity index (χ1v) is 8.73. The molecule has 1 saturated heterocycles. The molecule has 0 aliphatic carbocycles. The number of imidazole rings is 1. The maximum Gasteiger partial charge on any atom is 0.155 e. The lowest BCUT2D eigenvalue weighted by atomic mass is 9.94. The Balaban J connectivity index is 1.43. The van der Waals surface area contributed by atoms with Gasteiger partial charge in [0.15, 0.2) is 5.65 Å². The van der Waals surface area contributed by atoms with E-state index in [9.17, 15) is 0 Å². The van der Waals surface area contributed by atoms with Gasteiger partial charge >= 0.3 is 0 Å². The van der Waals surface area contributed by atoms with Crippen LogP contribution in [-0.4, -0.2) is 37.3 Å². The van der Waals surface area contributed by atoms with Gasteiger partial charge in [0.2, 0.25) is 0 Å². The number of hydrogen-bond donors (Lipinski definition) is 1. The lowest BCUT2D eigenvalue weighted by molar-refractivity contribution is 0.0893. The SMILES string of the molecule is Cc1nn(C)c(C)c1[C@H]1OCC[C@@H]1CNCc1cnc2cnccn12. The van der Waals surface area contributed by atoms with E-state index in [1.165, 1.54) is 11.3 Å². The molecule has 1 fully saturated rings. The third-order valence-corrected chi connectivity index (χ3v) is 5.17. The van der Waals surface area contributed by atoms with Crippen LogP contribution >= 0.6 is 0 Å². The van der Waals surface area contributed by atoms with Crippen LogP contribution in [0.5, 0.6) is 0 Å². The summed E-state index contributed by atoms with van der Waals surface area (Å²) >= 11 is 0. The largest absolute Gasteiger partial charge is 0.373 e. The predicted octanol–water partition coefficient (Wildman–Crippen LogP) is 1.95. The third kappa shape index (κ3) is 2.94. The van der Waals surface area contributed by atoms with E-state index >= 15 is 0 Å². The van der Waals surface area contributed by atoms with Crippen LogP contribution in [0.2, 0.25) is 0 Å². The molecular weight excluding hydrogens is 316 g/mol. The number of rotatable bonds is 5. The summed E-state index contributed by atoms with van der Waals surface area (Å²) in [5.41, 5.74) is 5.55. The van der Waals surface area contributed by atoms with Crippen LogP contribution in [0.4, 0.5) is 0 Å². The van der Waals surface area contributed by atoms with Gasteiger partial charge in [-0.25, -0.2) is 4.98 Å². The van der Waals surface area contributed by atoms with E-state index in [2.05, 4.69) is 38.6 Å². The van der Waals surface area contributed by atoms with Crippen molar-refractivity contribution in [1.29, 1.82) is 0 Å². The van der Waals surface area contributed by atoms with Gasteiger partial charge in [0.05, 0.1) is 29.9 Å². The van der Waals surface area contributed by atoms with Crippen molar-refractivity contribution >= 4 is 5.65 Å². The Labute approximate surface area is 147 Å². The Morgan fingerprint density at radius 1 is 1.32 bits per heavy atom. The zero-order chi connectivity index (χ0) is 17.4. The quantitative estimate of drug-likeness (QED) is 0.769. The molecule has 1 aliphatic rings. The molecule has 0 saturated carbocycles. The van der Waals surface area contributed by atoms with Gasteiger partial charge in [-0.3, -0.25) is 14.1 Å². The van der Waals surface area contributed by atoms with Crippen LogP contribution < -0.4 is 5.32 Å². The van der Waals surface area contributed by atoms with Crippen LogP contribution in [0.3, 0.4) is 0 Å². The molecule has 0 amide bonds. The number of aryl methyl sites for hydroxylation is 2. The van der Waals surface area contributed by atoms with Crippen LogP contribution in [0.15, 0.2) is 24.8 Å².